The zero-order valence-corrected chi connectivity index (χ0v) is 18.8. The highest BCUT2D eigenvalue weighted by atomic mass is 35.5. The van der Waals surface area contributed by atoms with Crippen LogP contribution < -0.4 is 5.73 Å². The van der Waals surface area contributed by atoms with Crippen molar-refractivity contribution in [3.05, 3.63) is 46.3 Å². The van der Waals surface area contributed by atoms with Gasteiger partial charge in [-0.15, -0.1) is 11.6 Å². The van der Waals surface area contributed by atoms with Crippen LogP contribution in [0, 0.1) is 0 Å². The van der Waals surface area contributed by atoms with E-state index < -0.39 is 10.0 Å². The van der Waals surface area contributed by atoms with Crippen LogP contribution in [0.25, 0.3) is 22.0 Å². The third-order valence-electron chi connectivity index (χ3n) is 5.74. The normalized spacial score (nSPS) is 16.3. The highest BCUT2D eigenvalue weighted by Gasteiger charge is 2.29. The summed E-state index contributed by atoms with van der Waals surface area (Å²) in [6, 6.07) is 6.24. The Bertz CT molecular complexity index is 1150. The summed E-state index contributed by atoms with van der Waals surface area (Å²) in [5.41, 5.74) is 10.6. The summed E-state index contributed by atoms with van der Waals surface area (Å²) in [5.74, 6) is -0.0287. The molecule has 3 aromatic rings. The summed E-state index contributed by atoms with van der Waals surface area (Å²) >= 11 is 7.28. The maximum Gasteiger partial charge on any atom is 0.221 e. The van der Waals surface area contributed by atoms with E-state index in [0.29, 0.717) is 13.1 Å². The minimum atomic E-state index is -3.28. The van der Waals surface area contributed by atoms with Gasteiger partial charge in [-0.2, -0.15) is 11.3 Å². The molecule has 160 valence electrons. The molecule has 1 aliphatic rings. The Kier molecular flexibility index (Phi) is 6.20. The highest BCUT2D eigenvalue weighted by molar-refractivity contribution is 7.89. The maximum absolute atomic E-state index is 12.3. The van der Waals surface area contributed by atoms with Gasteiger partial charge in [0.25, 0.3) is 0 Å². The Morgan fingerprint density at radius 1 is 1.27 bits per heavy atom. The van der Waals surface area contributed by atoms with Gasteiger partial charge in [-0.1, -0.05) is 0 Å². The molecule has 0 radical (unpaired) electrons. The van der Waals surface area contributed by atoms with Gasteiger partial charge < -0.3 is 10.7 Å². The summed E-state index contributed by atoms with van der Waals surface area (Å²) < 4.78 is 26.2. The highest BCUT2D eigenvalue weighted by Crippen LogP contribution is 2.37. The topological polar surface area (TPSA) is 96.3 Å². The molecule has 9 heteroatoms. The fourth-order valence-corrected chi connectivity index (χ4v) is 6.73. The molecule has 0 aliphatic carbocycles. The smallest absolute Gasteiger partial charge is 0.221 e. The van der Waals surface area contributed by atoms with Gasteiger partial charge in [-0.25, -0.2) is 12.7 Å². The van der Waals surface area contributed by atoms with Crippen LogP contribution in [0.1, 0.15) is 29.9 Å². The predicted octanol–water partition coefficient (Wildman–Crippen LogP) is 3.67. The Labute approximate surface area is 185 Å². The SMILES string of the molecule is NC(=O)Cc1cc(-c2ccsc2)cc2c(C3CCN(S(=O)(=O)CCCl)CC3)c[nH]c12. The summed E-state index contributed by atoms with van der Waals surface area (Å²) in [7, 11) is -3.28. The number of fused-ring (bicyclic) bond motifs is 1. The number of aromatic amines is 1. The van der Waals surface area contributed by atoms with E-state index in [2.05, 4.69) is 22.5 Å². The first-order valence-corrected chi connectivity index (χ1v) is 13.0. The number of sulfonamides is 1. The number of rotatable bonds is 7. The molecule has 0 spiro atoms. The van der Waals surface area contributed by atoms with Crippen molar-refractivity contribution in [1.82, 2.24) is 9.29 Å². The third kappa shape index (κ3) is 4.27. The van der Waals surface area contributed by atoms with Crippen molar-refractivity contribution in [3.8, 4) is 11.1 Å². The standard InChI is InChI=1S/C21H24ClN3O3S2/c22-4-8-30(27,28)25-5-1-14(2-6-25)19-12-24-21-17(11-20(23)26)9-16(10-18(19)21)15-3-7-29-13-15/h3,7,9-10,12-14,24H,1-2,4-6,8,11H2,(H2,23,26). The second kappa shape index (κ2) is 8.70. The second-order valence-corrected chi connectivity index (χ2v) is 10.9. The van der Waals surface area contributed by atoms with Gasteiger partial charge in [-0.05, 0) is 70.0 Å². The Morgan fingerprint density at radius 3 is 2.67 bits per heavy atom. The number of nitrogens with zero attached hydrogens (tertiary/aromatic N) is 1. The van der Waals surface area contributed by atoms with Gasteiger partial charge in [0.15, 0.2) is 0 Å². The van der Waals surface area contributed by atoms with Crippen molar-refractivity contribution >= 4 is 49.8 Å². The van der Waals surface area contributed by atoms with E-state index in [9.17, 15) is 13.2 Å². The van der Waals surface area contributed by atoms with Crippen molar-refractivity contribution in [2.75, 3.05) is 24.7 Å². The van der Waals surface area contributed by atoms with E-state index in [0.717, 1.165) is 40.4 Å². The first-order valence-electron chi connectivity index (χ1n) is 9.87. The molecule has 3 N–H and O–H groups in total. The second-order valence-electron chi connectivity index (χ2n) is 7.64. The lowest BCUT2D eigenvalue weighted by Gasteiger charge is -2.31. The fourth-order valence-electron chi connectivity index (χ4n) is 4.26. The van der Waals surface area contributed by atoms with E-state index >= 15 is 0 Å². The molecule has 1 saturated heterocycles. The van der Waals surface area contributed by atoms with Gasteiger partial charge in [0.05, 0.1) is 12.2 Å². The molecule has 30 heavy (non-hydrogen) atoms. The fraction of sp³-hybridized carbons (Fsp3) is 0.381. The first kappa shape index (κ1) is 21.4. The number of H-pyrrole nitrogens is 1. The molecule has 0 bridgehead atoms. The average Bonchev–Trinajstić information content (AvgIpc) is 3.38. The van der Waals surface area contributed by atoms with Crippen LogP contribution in [-0.4, -0.2) is 48.3 Å². The van der Waals surface area contributed by atoms with Crippen LogP contribution in [-0.2, 0) is 21.2 Å². The maximum atomic E-state index is 12.3. The van der Waals surface area contributed by atoms with Crippen LogP contribution in [0.3, 0.4) is 0 Å². The molecule has 1 fully saturated rings. The Hall–Kier alpha value is -1.87. The van der Waals surface area contributed by atoms with E-state index in [4.69, 9.17) is 17.3 Å². The quantitative estimate of drug-likeness (QED) is 0.521. The number of thiophene rings is 1. The lowest BCUT2D eigenvalue weighted by molar-refractivity contribution is -0.117. The number of hydrogen-bond acceptors (Lipinski definition) is 4. The van der Waals surface area contributed by atoms with Crippen LogP contribution in [0.15, 0.2) is 35.2 Å². The molecular formula is C21H24ClN3O3S2. The first-order chi connectivity index (χ1) is 14.4. The number of nitrogens with one attached hydrogen (secondary N) is 1. The van der Waals surface area contributed by atoms with Gasteiger partial charge in [0.2, 0.25) is 15.9 Å². The zero-order chi connectivity index (χ0) is 21.3. The molecule has 0 saturated carbocycles. The molecule has 1 amide bonds. The molecule has 1 aliphatic heterocycles. The summed E-state index contributed by atoms with van der Waals surface area (Å²) in [4.78, 5) is 15.0. The number of benzene rings is 1. The number of hydrogen-bond donors (Lipinski definition) is 2. The van der Waals surface area contributed by atoms with Crippen LogP contribution in [0.4, 0.5) is 0 Å². The van der Waals surface area contributed by atoms with Crippen LogP contribution in [0.5, 0.6) is 0 Å². The number of halogens is 1. The van der Waals surface area contributed by atoms with Crippen LogP contribution in [0.2, 0.25) is 0 Å². The average molecular weight is 466 g/mol. The predicted molar refractivity (Wildman–Crippen MR) is 123 cm³/mol. The molecule has 4 rings (SSSR count). The Balaban J connectivity index is 1.67. The third-order valence-corrected chi connectivity index (χ3v) is 8.71. The number of carbonyl (C=O) groups is 1. The number of carbonyl (C=O) groups excluding carboxylic acids is 1. The van der Waals surface area contributed by atoms with Crippen molar-refractivity contribution in [2.45, 2.75) is 25.2 Å². The molecule has 2 aromatic heterocycles. The number of piperidine rings is 1. The molecule has 0 atom stereocenters. The van der Waals surface area contributed by atoms with Crippen molar-refractivity contribution < 1.29 is 13.2 Å². The van der Waals surface area contributed by atoms with E-state index in [1.165, 1.54) is 5.56 Å². The number of primary amides is 1. The summed E-state index contributed by atoms with van der Waals surface area (Å²) in [5, 5.41) is 5.20. The van der Waals surface area contributed by atoms with Gasteiger partial charge in [-0.3, -0.25) is 4.79 Å². The molecular weight excluding hydrogens is 442 g/mol. The number of amides is 1. The van der Waals surface area contributed by atoms with E-state index in [-0.39, 0.29) is 29.9 Å². The van der Waals surface area contributed by atoms with Gasteiger partial charge >= 0.3 is 0 Å². The van der Waals surface area contributed by atoms with Gasteiger partial charge in [0.1, 0.15) is 0 Å². The molecule has 6 nitrogen and oxygen atoms in total. The molecule has 0 unspecified atom stereocenters. The Morgan fingerprint density at radius 2 is 2.03 bits per heavy atom. The van der Waals surface area contributed by atoms with Crippen LogP contribution >= 0.6 is 22.9 Å². The lowest BCUT2D eigenvalue weighted by atomic mass is 9.88. The summed E-state index contributed by atoms with van der Waals surface area (Å²) in [6.07, 6.45) is 3.67. The van der Waals surface area contributed by atoms with Crippen molar-refractivity contribution in [3.63, 3.8) is 0 Å². The monoisotopic (exact) mass is 465 g/mol. The minimum absolute atomic E-state index is 0.0210. The number of alkyl halides is 1. The largest absolute Gasteiger partial charge is 0.369 e. The van der Waals surface area contributed by atoms with Crippen molar-refractivity contribution in [2.24, 2.45) is 5.73 Å². The zero-order valence-electron chi connectivity index (χ0n) is 16.4. The van der Waals surface area contributed by atoms with Crippen molar-refractivity contribution in [1.29, 1.82) is 0 Å². The number of aromatic nitrogens is 1. The van der Waals surface area contributed by atoms with Gasteiger partial charge in [0, 0.05) is 36.1 Å². The molecule has 3 heterocycles. The van der Waals surface area contributed by atoms with E-state index in [1.54, 1.807) is 15.6 Å². The molecule has 1 aromatic carbocycles. The number of nitrogens with two attached hydrogens (primary N) is 1. The minimum Gasteiger partial charge on any atom is -0.369 e. The summed E-state index contributed by atoms with van der Waals surface area (Å²) in [6.45, 7) is 0.990. The van der Waals surface area contributed by atoms with E-state index in [1.807, 2.05) is 17.6 Å². The lowest BCUT2D eigenvalue weighted by Crippen LogP contribution is -2.39.